The van der Waals surface area contributed by atoms with Gasteiger partial charge in [-0.3, -0.25) is 10.1 Å². The molecule has 5 rings (SSSR count). The van der Waals surface area contributed by atoms with Crippen molar-refractivity contribution in [2.75, 3.05) is 19.0 Å². The maximum absolute atomic E-state index is 13.2. The summed E-state index contributed by atoms with van der Waals surface area (Å²) in [6, 6.07) is 22.8. The summed E-state index contributed by atoms with van der Waals surface area (Å²) in [6.07, 6.45) is 0. The molecule has 1 amide bonds. The molecular weight excluding hydrogens is 522 g/mol. The van der Waals surface area contributed by atoms with Crippen LogP contribution in [0.1, 0.15) is 22.8 Å². The van der Waals surface area contributed by atoms with E-state index in [1.54, 1.807) is 19.4 Å². The quantitative estimate of drug-likeness (QED) is 0.242. The maximum atomic E-state index is 13.2. The Bertz CT molecular complexity index is 1680. The first-order valence-electron chi connectivity index (χ1n) is 11.9. The number of nitrogens with one attached hydrogen (secondary N) is 1. The summed E-state index contributed by atoms with van der Waals surface area (Å²) in [5.74, 6) is 0.801. The van der Waals surface area contributed by atoms with Crippen molar-refractivity contribution in [3.05, 3.63) is 95.4 Å². The molecule has 0 bridgehead atoms. The van der Waals surface area contributed by atoms with Crippen LogP contribution in [-0.4, -0.2) is 37.3 Å². The number of sulfonamides is 1. The van der Waals surface area contributed by atoms with Crippen LogP contribution in [0.2, 0.25) is 0 Å². The Morgan fingerprint density at radius 1 is 1.05 bits per heavy atom. The number of furan rings is 1. The van der Waals surface area contributed by atoms with E-state index in [9.17, 15) is 13.2 Å². The summed E-state index contributed by atoms with van der Waals surface area (Å²) >= 11 is 1.27. The van der Waals surface area contributed by atoms with Gasteiger partial charge in [0, 0.05) is 29.4 Å². The van der Waals surface area contributed by atoms with Gasteiger partial charge in [0.05, 0.1) is 12.0 Å². The molecule has 2 heterocycles. The molecule has 194 valence electrons. The molecule has 0 fully saturated rings. The summed E-state index contributed by atoms with van der Waals surface area (Å²) in [5.41, 5.74) is 2.44. The molecule has 8 nitrogen and oxygen atoms in total. The number of rotatable bonds is 9. The summed E-state index contributed by atoms with van der Waals surface area (Å²) in [7, 11) is -2.14. The van der Waals surface area contributed by atoms with Crippen LogP contribution in [0.25, 0.3) is 22.4 Å². The summed E-state index contributed by atoms with van der Waals surface area (Å²) in [6.45, 7) is 2.39. The van der Waals surface area contributed by atoms with Gasteiger partial charge >= 0.3 is 0 Å². The summed E-state index contributed by atoms with van der Waals surface area (Å²) < 4.78 is 39.1. The SMILES string of the molecule is CCN(Cc1ccccc1)S(=O)(=O)c1ccc(C(=O)Nc2nc(-c3cc4cccc(OC)c4o3)cs2)cc1. The lowest BCUT2D eigenvalue weighted by atomic mass is 10.2. The number of hydrogen-bond acceptors (Lipinski definition) is 7. The second-order valence-electron chi connectivity index (χ2n) is 8.42. The predicted octanol–water partition coefficient (Wildman–Crippen LogP) is 6.03. The molecule has 10 heteroatoms. The first kappa shape index (κ1) is 25.7. The fourth-order valence-electron chi connectivity index (χ4n) is 4.02. The molecule has 2 aromatic heterocycles. The van der Waals surface area contributed by atoms with Crippen LogP contribution in [0, 0.1) is 0 Å². The van der Waals surface area contributed by atoms with Crippen LogP contribution in [0.3, 0.4) is 0 Å². The van der Waals surface area contributed by atoms with E-state index in [0.717, 1.165) is 10.9 Å². The zero-order chi connectivity index (χ0) is 26.7. The van der Waals surface area contributed by atoms with Gasteiger partial charge in [-0.1, -0.05) is 49.4 Å². The molecule has 3 aromatic carbocycles. The Morgan fingerprint density at radius 2 is 1.82 bits per heavy atom. The van der Waals surface area contributed by atoms with Crippen molar-refractivity contribution in [1.29, 1.82) is 0 Å². The minimum atomic E-state index is -3.72. The molecule has 1 N–H and O–H groups in total. The number of aromatic nitrogens is 1. The average Bonchev–Trinajstić information content (AvgIpc) is 3.59. The highest BCUT2D eigenvalue weighted by molar-refractivity contribution is 7.89. The van der Waals surface area contributed by atoms with Gasteiger partial charge in [-0.05, 0) is 42.0 Å². The van der Waals surface area contributed by atoms with Crippen molar-refractivity contribution < 1.29 is 22.4 Å². The van der Waals surface area contributed by atoms with Gasteiger partial charge in [0.25, 0.3) is 5.91 Å². The monoisotopic (exact) mass is 547 g/mol. The van der Waals surface area contributed by atoms with Gasteiger partial charge in [-0.2, -0.15) is 4.31 Å². The van der Waals surface area contributed by atoms with Gasteiger partial charge < -0.3 is 9.15 Å². The van der Waals surface area contributed by atoms with Crippen LogP contribution >= 0.6 is 11.3 Å². The van der Waals surface area contributed by atoms with Crippen LogP contribution in [0.15, 0.2) is 93.6 Å². The third-order valence-electron chi connectivity index (χ3n) is 6.01. The van der Waals surface area contributed by atoms with Crippen molar-refractivity contribution in [1.82, 2.24) is 9.29 Å². The molecule has 0 saturated carbocycles. The Balaban J connectivity index is 1.29. The Hall–Kier alpha value is -3.99. The van der Waals surface area contributed by atoms with E-state index >= 15 is 0 Å². The summed E-state index contributed by atoms with van der Waals surface area (Å²) in [4.78, 5) is 17.4. The van der Waals surface area contributed by atoms with Crippen LogP contribution in [0.4, 0.5) is 5.13 Å². The van der Waals surface area contributed by atoms with E-state index in [1.165, 1.54) is 39.9 Å². The lowest BCUT2D eigenvalue weighted by molar-refractivity contribution is 0.102. The number of amides is 1. The largest absolute Gasteiger partial charge is 0.493 e. The fourth-order valence-corrected chi connectivity index (χ4v) is 6.15. The van der Waals surface area contributed by atoms with E-state index < -0.39 is 15.9 Å². The van der Waals surface area contributed by atoms with Crippen molar-refractivity contribution in [2.45, 2.75) is 18.4 Å². The highest BCUT2D eigenvalue weighted by Gasteiger charge is 2.24. The molecule has 0 atom stereocenters. The molecule has 0 saturated heterocycles. The number of carbonyl (C=O) groups is 1. The maximum Gasteiger partial charge on any atom is 0.257 e. The van der Waals surface area contributed by atoms with Gasteiger partial charge in [-0.15, -0.1) is 11.3 Å². The smallest absolute Gasteiger partial charge is 0.257 e. The number of nitrogens with zero attached hydrogens (tertiary/aromatic N) is 2. The third kappa shape index (κ3) is 5.19. The second kappa shape index (κ2) is 10.8. The van der Waals surface area contributed by atoms with Crippen molar-refractivity contribution >= 4 is 43.4 Å². The third-order valence-corrected chi connectivity index (χ3v) is 8.71. The van der Waals surface area contributed by atoms with E-state index in [2.05, 4.69) is 10.3 Å². The first-order chi connectivity index (χ1) is 18.4. The standard InChI is InChI=1S/C28H25N3O5S2/c1-3-31(17-19-8-5-4-6-9-19)38(33,34)22-14-12-20(13-15-22)27(32)30-28-29-23(18-37-28)25-16-21-10-7-11-24(35-2)26(21)36-25/h4-16,18H,3,17H2,1-2H3,(H,29,30,32). The van der Waals surface area contributed by atoms with Crippen LogP contribution < -0.4 is 10.1 Å². The van der Waals surface area contributed by atoms with E-state index in [-0.39, 0.29) is 11.4 Å². The number of fused-ring (bicyclic) bond motifs is 1. The van der Waals surface area contributed by atoms with Crippen LogP contribution in [0.5, 0.6) is 5.75 Å². The Morgan fingerprint density at radius 3 is 2.53 bits per heavy atom. The predicted molar refractivity (Wildman–Crippen MR) is 148 cm³/mol. The number of methoxy groups -OCH3 is 1. The van der Waals surface area contributed by atoms with E-state index in [0.29, 0.717) is 40.0 Å². The van der Waals surface area contributed by atoms with E-state index in [1.807, 2.05) is 54.6 Å². The molecule has 0 aliphatic carbocycles. The number of thiazole rings is 1. The molecule has 0 spiro atoms. The van der Waals surface area contributed by atoms with Crippen molar-refractivity contribution in [3.63, 3.8) is 0 Å². The highest BCUT2D eigenvalue weighted by Crippen LogP contribution is 2.34. The van der Waals surface area contributed by atoms with Gasteiger partial charge in [0.1, 0.15) is 5.69 Å². The molecule has 38 heavy (non-hydrogen) atoms. The first-order valence-corrected chi connectivity index (χ1v) is 14.2. The van der Waals surface area contributed by atoms with E-state index in [4.69, 9.17) is 9.15 Å². The molecule has 0 unspecified atom stereocenters. The normalized spacial score (nSPS) is 11.7. The molecule has 0 aliphatic heterocycles. The highest BCUT2D eigenvalue weighted by atomic mass is 32.2. The number of benzene rings is 3. The van der Waals surface area contributed by atoms with Gasteiger partial charge in [0.2, 0.25) is 10.0 Å². The number of ether oxygens (including phenoxy) is 1. The average molecular weight is 548 g/mol. The van der Waals surface area contributed by atoms with Crippen LogP contribution in [-0.2, 0) is 16.6 Å². The fraction of sp³-hybridized carbons (Fsp3) is 0.143. The molecule has 5 aromatic rings. The minimum Gasteiger partial charge on any atom is -0.493 e. The topological polar surface area (TPSA) is 102 Å². The Labute approximate surface area is 224 Å². The number of hydrogen-bond donors (Lipinski definition) is 1. The van der Waals surface area contributed by atoms with Crippen molar-refractivity contribution in [2.24, 2.45) is 0 Å². The zero-order valence-corrected chi connectivity index (χ0v) is 22.4. The number of carbonyl (C=O) groups excluding carboxylic acids is 1. The minimum absolute atomic E-state index is 0.128. The zero-order valence-electron chi connectivity index (χ0n) is 20.7. The number of para-hydroxylation sites is 1. The molecule has 0 aliphatic rings. The van der Waals surface area contributed by atoms with Crippen molar-refractivity contribution in [3.8, 4) is 17.2 Å². The lowest BCUT2D eigenvalue weighted by Crippen LogP contribution is -2.30. The summed E-state index contributed by atoms with van der Waals surface area (Å²) in [5, 5.41) is 5.85. The lowest BCUT2D eigenvalue weighted by Gasteiger charge is -2.20. The number of anilines is 1. The molecular formula is C28H25N3O5S2. The van der Waals surface area contributed by atoms with Gasteiger partial charge in [-0.25, -0.2) is 13.4 Å². The van der Waals surface area contributed by atoms with Gasteiger partial charge in [0.15, 0.2) is 22.2 Å². The second-order valence-corrected chi connectivity index (χ2v) is 11.2. The Kier molecular flexibility index (Phi) is 7.28. The molecule has 0 radical (unpaired) electrons.